The van der Waals surface area contributed by atoms with Gasteiger partial charge in [-0.1, -0.05) is 62.9 Å². The maximum atomic E-state index is 13.3. The number of nitrogens with zero attached hydrogens (tertiary/aromatic N) is 3. The number of para-hydroxylation sites is 1. The molecule has 4 rings (SSSR count). The molecule has 0 saturated heterocycles. The summed E-state index contributed by atoms with van der Waals surface area (Å²) in [6.07, 6.45) is 3.43. The second-order valence-corrected chi connectivity index (χ2v) is 10.5. The largest absolute Gasteiger partial charge is 0.325 e. The van der Waals surface area contributed by atoms with Gasteiger partial charge in [0.05, 0.1) is 22.7 Å². The number of fused-ring (bicyclic) bond motifs is 1. The van der Waals surface area contributed by atoms with E-state index in [1.165, 1.54) is 17.3 Å². The third kappa shape index (κ3) is 5.37. The van der Waals surface area contributed by atoms with E-state index < -0.39 is 5.25 Å². The van der Waals surface area contributed by atoms with Crippen LogP contribution in [0.4, 0.5) is 5.69 Å². The first-order chi connectivity index (χ1) is 16.2. The molecule has 0 spiro atoms. The Morgan fingerprint density at radius 3 is 2.47 bits per heavy atom. The summed E-state index contributed by atoms with van der Waals surface area (Å²) >= 11 is 1.27. The molecule has 0 bridgehead atoms. The first kappa shape index (κ1) is 23.7. The highest BCUT2D eigenvalue weighted by atomic mass is 32.2. The lowest BCUT2D eigenvalue weighted by Gasteiger charge is -2.19. The lowest BCUT2D eigenvalue weighted by atomic mass is 9.87. The second-order valence-electron chi connectivity index (χ2n) is 9.24. The summed E-state index contributed by atoms with van der Waals surface area (Å²) in [5.74, 6) is -0.149. The fraction of sp³-hybridized carbons (Fsp3) is 0.259. The highest BCUT2D eigenvalue weighted by Crippen LogP contribution is 2.26. The number of amides is 1. The molecule has 0 fully saturated rings. The van der Waals surface area contributed by atoms with Gasteiger partial charge in [-0.2, -0.15) is 0 Å². The molecule has 6 nitrogen and oxygen atoms in total. The van der Waals surface area contributed by atoms with Gasteiger partial charge >= 0.3 is 0 Å². The molecule has 0 aliphatic carbocycles. The molecule has 1 amide bonds. The van der Waals surface area contributed by atoms with E-state index >= 15 is 0 Å². The van der Waals surface area contributed by atoms with Gasteiger partial charge in [-0.15, -0.1) is 0 Å². The van der Waals surface area contributed by atoms with Crippen molar-refractivity contribution in [2.24, 2.45) is 0 Å². The molecule has 2 aromatic heterocycles. The van der Waals surface area contributed by atoms with Crippen LogP contribution < -0.4 is 10.9 Å². The van der Waals surface area contributed by atoms with Gasteiger partial charge in [0, 0.05) is 18.1 Å². The Bertz CT molecular complexity index is 1360. The van der Waals surface area contributed by atoms with Gasteiger partial charge in [-0.3, -0.25) is 19.1 Å². The van der Waals surface area contributed by atoms with Crippen molar-refractivity contribution in [3.8, 4) is 0 Å². The predicted octanol–water partition coefficient (Wildman–Crippen LogP) is 5.26. The fourth-order valence-electron chi connectivity index (χ4n) is 3.56. The molecular weight excluding hydrogens is 444 g/mol. The quantitative estimate of drug-likeness (QED) is 0.306. The number of pyridine rings is 1. The average molecular weight is 473 g/mol. The molecule has 1 N–H and O–H groups in total. The first-order valence-corrected chi connectivity index (χ1v) is 12.1. The number of hydrogen-bond acceptors (Lipinski definition) is 5. The highest BCUT2D eigenvalue weighted by molar-refractivity contribution is 8.00. The van der Waals surface area contributed by atoms with Gasteiger partial charge < -0.3 is 5.32 Å². The summed E-state index contributed by atoms with van der Waals surface area (Å²) in [6, 6.07) is 18.9. The highest BCUT2D eigenvalue weighted by Gasteiger charge is 2.20. The summed E-state index contributed by atoms with van der Waals surface area (Å²) in [5, 5.41) is 3.56. The molecule has 7 heteroatoms. The van der Waals surface area contributed by atoms with Gasteiger partial charge in [-0.25, -0.2) is 4.98 Å². The van der Waals surface area contributed by atoms with Gasteiger partial charge in [-0.05, 0) is 53.8 Å². The number of carbonyl (C=O) groups excluding carboxylic acids is 1. The minimum Gasteiger partial charge on any atom is -0.325 e. The summed E-state index contributed by atoms with van der Waals surface area (Å²) in [4.78, 5) is 35.1. The molecule has 34 heavy (non-hydrogen) atoms. The monoisotopic (exact) mass is 472 g/mol. The maximum absolute atomic E-state index is 13.3. The second kappa shape index (κ2) is 9.81. The van der Waals surface area contributed by atoms with E-state index in [1.807, 2.05) is 61.5 Å². The Kier molecular flexibility index (Phi) is 6.84. The Morgan fingerprint density at radius 2 is 1.79 bits per heavy atom. The van der Waals surface area contributed by atoms with Crippen molar-refractivity contribution in [3.63, 3.8) is 0 Å². The zero-order valence-electron chi connectivity index (χ0n) is 19.8. The maximum Gasteiger partial charge on any atom is 0.262 e. The molecule has 0 aliphatic rings. The number of nitrogens with one attached hydrogen (secondary N) is 1. The van der Waals surface area contributed by atoms with Crippen molar-refractivity contribution in [2.45, 2.75) is 50.1 Å². The van der Waals surface area contributed by atoms with Crippen LogP contribution in [-0.2, 0) is 16.8 Å². The molecule has 174 valence electrons. The van der Waals surface area contributed by atoms with Crippen LogP contribution in [0.5, 0.6) is 0 Å². The summed E-state index contributed by atoms with van der Waals surface area (Å²) in [5.41, 5.74) is 3.35. The van der Waals surface area contributed by atoms with E-state index in [0.29, 0.717) is 22.6 Å². The molecule has 4 aromatic rings. The summed E-state index contributed by atoms with van der Waals surface area (Å²) < 4.78 is 1.62. The molecule has 0 radical (unpaired) electrons. The van der Waals surface area contributed by atoms with Gasteiger partial charge in [0.25, 0.3) is 5.56 Å². The van der Waals surface area contributed by atoms with Crippen molar-refractivity contribution >= 4 is 34.3 Å². The zero-order valence-corrected chi connectivity index (χ0v) is 20.6. The van der Waals surface area contributed by atoms with Crippen LogP contribution in [0.15, 0.2) is 83.0 Å². The number of aromatic nitrogens is 3. The van der Waals surface area contributed by atoms with Crippen molar-refractivity contribution in [3.05, 3.63) is 94.5 Å². The Morgan fingerprint density at radius 1 is 1.06 bits per heavy atom. The Hall–Kier alpha value is -3.45. The van der Waals surface area contributed by atoms with E-state index in [0.717, 1.165) is 11.3 Å². The van der Waals surface area contributed by atoms with Crippen molar-refractivity contribution in [1.82, 2.24) is 14.5 Å². The molecule has 2 heterocycles. The number of anilines is 1. The van der Waals surface area contributed by atoms with Crippen LogP contribution in [0.3, 0.4) is 0 Å². The minimum absolute atomic E-state index is 0.0470. The minimum atomic E-state index is -0.462. The van der Waals surface area contributed by atoms with E-state index in [1.54, 1.807) is 23.0 Å². The molecular formula is C27H28N4O2S. The number of hydrogen-bond donors (Lipinski definition) is 1. The Labute approximate surface area is 203 Å². The number of benzene rings is 2. The molecule has 0 saturated carbocycles. The number of thioether (sulfide) groups is 1. The lowest BCUT2D eigenvalue weighted by Crippen LogP contribution is -2.27. The van der Waals surface area contributed by atoms with Crippen LogP contribution in [0, 0.1) is 0 Å². The van der Waals surface area contributed by atoms with Crippen LogP contribution in [0.1, 0.15) is 38.8 Å². The lowest BCUT2D eigenvalue weighted by molar-refractivity contribution is -0.115. The van der Waals surface area contributed by atoms with Crippen LogP contribution in [-0.4, -0.2) is 25.7 Å². The van der Waals surface area contributed by atoms with Gasteiger partial charge in [0.2, 0.25) is 5.91 Å². The predicted molar refractivity (Wildman–Crippen MR) is 138 cm³/mol. The third-order valence-corrected chi connectivity index (χ3v) is 6.65. The fourth-order valence-corrected chi connectivity index (χ4v) is 4.47. The van der Waals surface area contributed by atoms with Gasteiger partial charge in [0.15, 0.2) is 5.16 Å². The summed E-state index contributed by atoms with van der Waals surface area (Å²) in [6.45, 7) is 8.61. The zero-order chi connectivity index (χ0) is 24.3. The van der Waals surface area contributed by atoms with E-state index in [9.17, 15) is 9.59 Å². The first-order valence-electron chi connectivity index (χ1n) is 11.2. The van der Waals surface area contributed by atoms with E-state index in [-0.39, 0.29) is 16.9 Å². The standard InChI is InChI=1S/C27H28N4O2S/c1-18(24(32)29-21-13-11-20(12-14-21)27(2,3)4)34-26-30-23-10-6-5-9-22(23)25(33)31(26)17-19-8-7-15-28-16-19/h5-16,18H,17H2,1-4H3,(H,29,32). The summed E-state index contributed by atoms with van der Waals surface area (Å²) in [7, 11) is 0. The van der Waals surface area contributed by atoms with E-state index in [2.05, 4.69) is 31.1 Å². The topological polar surface area (TPSA) is 76.9 Å². The van der Waals surface area contributed by atoms with Crippen LogP contribution >= 0.6 is 11.8 Å². The van der Waals surface area contributed by atoms with Crippen LogP contribution in [0.25, 0.3) is 10.9 Å². The Balaban J connectivity index is 1.59. The van der Waals surface area contributed by atoms with Gasteiger partial charge in [0.1, 0.15) is 0 Å². The van der Waals surface area contributed by atoms with E-state index in [4.69, 9.17) is 4.98 Å². The van der Waals surface area contributed by atoms with Crippen molar-refractivity contribution in [1.29, 1.82) is 0 Å². The van der Waals surface area contributed by atoms with Crippen molar-refractivity contribution in [2.75, 3.05) is 5.32 Å². The smallest absolute Gasteiger partial charge is 0.262 e. The molecule has 1 atom stereocenters. The number of rotatable bonds is 6. The molecule has 0 aliphatic heterocycles. The molecule has 1 unspecified atom stereocenters. The van der Waals surface area contributed by atoms with Crippen LogP contribution in [0.2, 0.25) is 0 Å². The third-order valence-electron chi connectivity index (χ3n) is 5.56. The normalized spacial score (nSPS) is 12.5. The molecule has 2 aromatic carbocycles. The van der Waals surface area contributed by atoms with Crippen molar-refractivity contribution < 1.29 is 4.79 Å². The SMILES string of the molecule is CC(Sc1nc2ccccc2c(=O)n1Cc1cccnc1)C(=O)Nc1ccc(C(C)(C)C)cc1. The number of carbonyl (C=O) groups is 1. The average Bonchev–Trinajstić information content (AvgIpc) is 2.82.